The first-order chi connectivity index (χ1) is 7.66. The zero-order valence-corrected chi connectivity index (χ0v) is 12.7. The molecule has 1 aliphatic heterocycles. The zero-order chi connectivity index (χ0) is 12.0. The zero-order valence-electron chi connectivity index (χ0n) is 11.1. The van der Waals surface area contributed by atoms with Crippen LogP contribution in [0, 0.1) is 0 Å². The third-order valence-corrected chi connectivity index (χ3v) is 4.04. The first kappa shape index (κ1) is 17.1. The Labute approximate surface area is 115 Å². The van der Waals surface area contributed by atoms with Gasteiger partial charge in [-0.2, -0.15) is 11.8 Å². The van der Waals surface area contributed by atoms with Crippen LogP contribution in [0.25, 0.3) is 0 Å². The van der Waals surface area contributed by atoms with E-state index in [1.54, 1.807) is 0 Å². The van der Waals surface area contributed by atoms with Gasteiger partial charge in [0.2, 0.25) is 5.91 Å². The van der Waals surface area contributed by atoms with Crippen molar-refractivity contribution < 1.29 is 4.79 Å². The fraction of sp³-hybridized carbons (Fsp3) is 0.917. The van der Waals surface area contributed by atoms with Gasteiger partial charge in [0, 0.05) is 31.6 Å². The molecule has 102 valence electrons. The van der Waals surface area contributed by atoms with Gasteiger partial charge in [-0.1, -0.05) is 0 Å². The molecule has 0 aliphatic carbocycles. The van der Waals surface area contributed by atoms with Crippen LogP contribution in [0.15, 0.2) is 0 Å². The summed E-state index contributed by atoms with van der Waals surface area (Å²) in [4.78, 5) is 14.1. The normalized spacial score (nSPS) is 24.3. The van der Waals surface area contributed by atoms with Gasteiger partial charge in [-0.05, 0) is 38.7 Å². The Kier molecular flexibility index (Phi) is 9.10. The largest absolute Gasteiger partial charge is 0.337 e. The number of nitrogens with zero attached hydrogens (tertiary/aromatic N) is 1. The molecule has 1 heterocycles. The van der Waals surface area contributed by atoms with Gasteiger partial charge in [0.25, 0.3) is 0 Å². The lowest BCUT2D eigenvalue weighted by Gasteiger charge is -2.38. The predicted octanol–water partition coefficient (Wildman–Crippen LogP) is 2.15. The number of unbranched alkanes of at least 4 members (excludes halogenated alkanes) is 1. The fourth-order valence-corrected chi connectivity index (χ4v) is 2.57. The number of nitrogens with one attached hydrogen (secondary N) is 1. The van der Waals surface area contributed by atoms with Gasteiger partial charge < -0.3 is 10.2 Å². The van der Waals surface area contributed by atoms with Crippen LogP contribution in [0.3, 0.4) is 0 Å². The van der Waals surface area contributed by atoms with Gasteiger partial charge in [-0.3, -0.25) is 4.79 Å². The second kappa shape index (κ2) is 9.06. The van der Waals surface area contributed by atoms with Crippen molar-refractivity contribution in [2.24, 2.45) is 0 Å². The van der Waals surface area contributed by atoms with Crippen LogP contribution in [0.1, 0.15) is 33.1 Å². The number of hydrogen-bond donors (Lipinski definition) is 1. The van der Waals surface area contributed by atoms with Crippen LogP contribution in [0.4, 0.5) is 0 Å². The molecule has 1 fully saturated rings. The summed E-state index contributed by atoms with van der Waals surface area (Å²) >= 11 is 1.85. The van der Waals surface area contributed by atoms with Crippen LogP contribution in [-0.2, 0) is 4.79 Å². The van der Waals surface area contributed by atoms with Gasteiger partial charge in [-0.15, -0.1) is 12.4 Å². The summed E-state index contributed by atoms with van der Waals surface area (Å²) in [5.74, 6) is 1.50. The summed E-state index contributed by atoms with van der Waals surface area (Å²) in [6, 6.07) is 0.755. The molecule has 2 atom stereocenters. The van der Waals surface area contributed by atoms with Crippen LogP contribution in [0.5, 0.6) is 0 Å². The summed E-state index contributed by atoms with van der Waals surface area (Å²) < 4.78 is 0. The Morgan fingerprint density at radius 2 is 2.12 bits per heavy atom. The van der Waals surface area contributed by atoms with Crippen LogP contribution >= 0.6 is 24.2 Å². The highest BCUT2D eigenvalue weighted by Crippen LogP contribution is 2.12. The lowest BCUT2D eigenvalue weighted by Crippen LogP contribution is -2.57. The number of halogens is 1. The van der Waals surface area contributed by atoms with Crippen LogP contribution < -0.4 is 5.32 Å². The van der Waals surface area contributed by atoms with Gasteiger partial charge >= 0.3 is 0 Å². The molecule has 1 N–H and O–H groups in total. The van der Waals surface area contributed by atoms with E-state index in [-0.39, 0.29) is 12.4 Å². The van der Waals surface area contributed by atoms with Gasteiger partial charge in [0.1, 0.15) is 0 Å². The van der Waals surface area contributed by atoms with Crippen LogP contribution in [-0.4, -0.2) is 48.0 Å². The van der Waals surface area contributed by atoms with Crippen molar-refractivity contribution in [1.82, 2.24) is 10.2 Å². The van der Waals surface area contributed by atoms with Crippen molar-refractivity contribution in [2.75, 3.05) is 25.1 Å². The molecule has 0 bridgehead atoms. The number of carbonyl (C=O) groups excluding carboxylic acids is 1. The van der Waals surface area contributed by atoms with E-state index in [1.165, 1.54) is 5.75 Å². The lowest BCUT2D eigenvalue weighted by molar-refractivity contribution is -0.134. The standard InChI is InChI=1S/C12H24N2OS.ClH/c1-10-11(2)14(8-7-13-10)12(15)6-4-5-9-16-3;/h10-11,13H,4-9H2,1-3H3;1H. The molecule has 17 heavy (non-hydrogen) atoms. The molecule has 3 nitrogen and oxygen atoms in total. The van der Waals surface area contributed by atoms with Crippen LogP contribution in [0.2, 0.25) is 0 Å². The maximum Gasteiger partial charge on any atom is 0.222 e. The minimum absolute atomic E-state index is 0. The predicted molar refractivity (Wildman–Crippen MR) is 78.1 cm³/mol. The van der Waals surface area contributed by atoms with E-state index < -0.39 is 0 Å². The lowest BCUT2D eigenvalue weighted by atomic mass is 10.1. The highest BCUT2D eigenvalue weighted by Gasteiger charge is 2.27. The molecule has 0 aromatic rings. The Balaban J connectivity index is 0.00000256. The van der Waals surface area contributed by atoms with E-state index in [0.29, 0.717) is 18.0 Å². The maximum atomic E-state index is 12.0. The first-order valence-corrected chi connectivity index (χ1v) is 7.58. The highest BCUT2D eigenvalue weighted by atomic mass is 35.5. The molecular formula is C12H25ClN2OS. The molecule has 0 saturated carbocycles. The van der Waals surface area contributed by atoms with Crippen molar-refractivity contribution in [3.63, 3.8) is 0 Å². The van der Waals surface area contributed by atoms with E-state index in [2.05, 4.69) is 25.4 Å². The number of piperazine rings is 1. The number of rotatable bonds is 5. The monoisotopic (exact) mass is 280 g/mol. The second-order valence-corrected chi connectivity index (χ2v) is 5.51. The molecule has 1 amide bonds. The summed E-state index contributed by atoms with van der Waals surface area (Å²) in [6.07, 6.45) is 5.02. The summed E-state index contributed by atoms with van der Waals surface area (Å²) in [5, 5.41) is 3.40. The highest BCUT2D eigenvalue weighted by molar-refractivity contribution is 7.98. The Bertz CT molecular complexity index is 229. The number of amides is 1. The minimum atomic E-state index is 0. The van der Waals surface area contributed by atoms with E-state index in [4.69, 9.17) is 0 Å². The number of carbonyl (C=O) groups is 1. The van der Waals surface area contributed by atoms with Crippen molar-refractivity contribution >= 4 is 30.1 Å². The molecule has 2 unspecified atom stereocenters. The van der Waals surface area contributed by atoms with E-state index in [0.717, 1.165) is 32.4 Å². The summed E-state index contributed by atoms with van der Waals surface area (Å²) in [5.41, 5.74) is 0. The molecule has 0 radical (unpaired) electrons. The molecule has 0 spiro atoms. The first-order valence-electron chi connectivity index (χ1n) is 6.18. The Morgan fingerprint density at radius 1 is 1.41 bits per heavy atom. The summed E-state index contributed by atoms with van der Waals surface area (Å²) in [7, 11) is 0. The van der Waals surface area contributed by atoms with E-state index in [9.17, 15) is 4.79 Å². The molecular weight excluding hydrogens is 256 g/mol. The number of hydrogen-bond acceptors (Lipinski definition) is 3. The minimum Gasteiger partial charge on any atom is -0.337 e. The van der Waals surface area contributed by atoms with E-state index in [1.807, 2.05) is 16.7 Å². The van der Waals surface area contributed by atoms with Crippen molar-refractivity contribution in [3.05, 3.63) is 0 Å². The van der Waals surface area contributed by atoms with Gasteiger partial charge in [0.15, 0.2) is 0 Å². The third kappa shape index (κ3) is 5.49. The smallest absolute Gasteiger partial charge is 0.222 e. The van der Waals surface area contributed by atoms with Crippen molar-refractivity contribution in [2.45, 2.75) is 45.2 Å². The van der Waals surface area contributed by atoms with E-state index >= 15 is 0 Å². The fourth-order valence-electron chi connectivity index (χ4n) is 2.07. The topological polar surface area (TPSA) is 32.3 Å². The average molecular weight is 281 g/mol. The quantitative estimate of drug-likeness (QED) is 0.784. The molecule has 5 heteroatoms. The number of thioether (sulfide) groups is 1. The van der Waals surface area contributed by atoms with Gasteiger partial charge in [-0.25, -0.2) is 0 Å². The van der Waals surface area contributed by atoms with Gasteiger partial charge in [0.05, 0.1) is 0 Å². The molecule has 1 rings (SSSR count). The molecule has 1 aliphatic rings. The average Bonchev–Trinajstić information content (AvgIpc) is 2.28. The Morgan fingerprint density at radius 3 is 2.76 bits per heavy atom. The maximum absolute atomic E-state index is 12.0. The molecule has 0 aromatic heterocycles. The van der Waals surface area contributed by atoms with Crippen molar-refractivity contribution in [1.29, 1.82) is 0 Å². The molecule has 0 aromatic carbocycles. The second-order valence-electron chi connectivity index (χ2n) is 4.52. The summed E-state index contributed by atoms with van der Waals surface area (Å²) in [6.45, 7) is 6.09. The third-order valence-electron chi connectivity index (χ3n) is 3.34. The SMILES string of the molecule is CSCCCCC(=O)N1CCNC(C)C1C.Cl. The van der Waals surface area contributed by atoms with Crippen molar-refractivity contribution in [3.8, 4) is 0 Å². The Hall–Kier alpha value is 0.0700. The molecule has 1 saturated heterocycles.